The molecule has 0 bridgehead atoms. The highest BCUT2D eigenvalue weighted by molar-refractivity contribution is 6.09. The Hall–Kier alpha value is -4.03. The first kappa shape index (κ1) is 22.7. The molecule has 0 radical (unpaired) electrons. The summed E-state index contributed by atoms with van der Waals surface area (Å²) in [5.41, 5.74) is 2.07. The molecular weight excluding hydrogens is 418 g/mol. The summed E-state index contributed by atoms with van der Waals surface area (Å²) in [5, 5.41) is 29.2. The van der Waals surface area contributed by atoms with Crippen molar-refractivity contribution in [3.8, 4) is 0 Å². The summed E-state index contributed by atoms with van der Waals surface area (Å²) >= 11 is 0. The van der Waals surface area contributed by atoms with E-state index in [2.05, 4.69) is 25.9 Å². The van der Waals surface area contributed by atoms with Gasteiger partial charge in [-0.2, -0.15) is 15.3 Å². The lowest BCUT2D eigenvalue weighted by atomic mass is 10.2. The molecule has 0 saturated heterocycles. The zero-order chi connectivity index (χ0) is 23.7. The maximum absolute atomic E-state index is 13.0. The van der Waals surface area contributed by atoms with Crippen molar-refractivity contribution in [2.75, 3.05) is 10.6 Å². The predicted molar refractivity (Wildman–Crippen MR) is 115 cm³/mol. The first-order valence-corrected chi connectivity index (χ1v) is 9.93. The summed E-state index contributed by atoms with van der Waals surface area (Å²) in [5.74, 6) is -0.946. The van der Waals surface area contributed by atoms with Gasteiger partial charge in [0.25, 0.3) is 5.91 Å². The number of rotatable bonds is 7. The van der Waals surface area contributed by atoms with Gasteiger partial charge in [0.05, 0.1) is 34.4 Å². The van der Waals surface area contributed by atoms with E-state index in [9.17, 15) is 19.7 Å². The summed E-state index contributed by atoms with van der Waals surface area (Å²) in [4.78, 5) is 36.6. The van der Waals surface area contributed by atoms with Crippen LogP contribution in [0.3, 0.4) is 0 Å². The number of nitro groups is 1. The third kappa shape index (κ3) is 3.96. The number of anilines is 2. The van der Waals surface area contributed by atoms with Crippen LogP contribution in [0.2, 0.25) is 0 Å². The van der Waals surface area contributed by atoms with E-state index >= 15 is 0 Å². The van der Waals surface area contributed by atoms with Crippen LogP contribution in [0.4, 0.5) is 17.1 Å². The smallest absolute Gasteiger partial charge is 0.312 e. The third-order valence-electron chi connectivity index (χ3n) is 5.31. The maximum Gasteiger partial charge on any atom is 0.312 e. The van der Waals surface area contributed by atoms with Crippen LogP contribution in [0.1, 0.15) is 47.5 Å². The van der Waals surface area contributed by atoms with E-state index < -0.39 is 22.8 Å². The summed E-state index contributed by atoms with van der Waals surface area (Å²) in [6, 6.07) is -0.858. The average Bonchev–Trinajstić information content (AvgIpc) is 3.38. The first-order chi connectivity index (χ1) is 15.1. The van der Waals surface area contributed by atoms with E-state index in [0.717, 1.165) is 5.69 Å². The molecule has 0 saturated carbocycles. The van der Waals surface area contributed by atoms with Crippen molar-refractivity contribution in [3.05, 3.63) is 45.3 Å². The van der Waals surface area contributed by atoms with Gasteiger partial charge in [-0.25, -0.2) is 0 Å². The maximum atomic E-state index is 13.0. The average molecular weight is 443 g/mol. The quantitative estimate of drug-likeness (QED) is 0.418. The topological polar surface area (TPSA) is 155 Å². The van der Waals surface area contributed by atoms with E-state index in [1.807, 2.05) is 13.8 Å². The molecule has 2 N–H and O–H groups in total. The zero-order valence-electron chi connectivity index (χ0n) is 18.7. The predicted octanol–water partition coefficient (Wildman–Crippen LogP) is 2.12. The van der Waals surface area contributed by atoms with Gasteiger partial charge in [0.2, 0.25) is 5.91 Å². The monoisotopic (exact) mass is 443 g/mol. The van der Waals surface area contributed by atoms with Crippen LogP contribution in [-0.2, 0) is 18.4 Å². The summed E-state index contributed by atoms with van der Waals surface area (Å²) in [6.07, 6.45) is 2.93. The highest BCUT2D eigenvalue weighted by Gasteiger charge is 2.28. The molecule has 3 heterocycles. The van der Waals surface area contributed by atoms with Gasteiger partial charge in [-0.3, -0.25) is 33.7 Å². The largest absolute Gasteiger partial charge is 0.321 e. The van der Waals surface area contributed by atoms with Crippen LogP contribution in [0.15, 0.2) is 12.4 Å². The molecule has 0 aromatic carbocycles. The molecule has 2 amide bonds. The molecule has 32 heavy (non-hydrogen) atoms. The molecule has 0 spiro atoms. The van der Waals surface area contributed by atoms with Crippen LogP contribution < -0.4 is 10.6 Å². The van der Waals surface area contributed by atoms with Crippen LogP contribution >= 0.6 is 0 Å². The number of carbonyl (C=O) groups excluding carboxylic acids is 2. The molecule has 13 heteroatoms. The Morgan fingerprint density at radius 2 is 1.78 bits per heavy atom. The SMILES string of the molecule is CCn1ncc(NC(=O)C(C)n2nc(C)c([N+](=O)[O-])c2C)c1C(=O)Nc1cnn(C)c1C. The number of carbonyl (C=O) groups is 2. The van der Waals surface area contributed by atoms with Gasteiger partial charge in [0.15, 0.2) is 0 Å². The highest BCUT2D eigenvalue weighted by Crippen LogP contribution is 2.26. The van der Waals surface area contributed by atoms with Crippen molar-refractivity contribution in [2.24, 2.45) is 7.05 Å². The second-order valence-electron chi connectivity index (χ2n) is 7.33. The van der Waals surface area contributed by atoms with Crippen molar-refractivity contribution >= 4 is 28.9 Å². The van der Waals surface area contributed by atoms with Gasteiger partial charge in [-0.15, -0.1) is 0 Å². The number of aromatic nitrogens is 6. The lowest BCUT2D eigenvalue weighted by Gasteiger charge is -2.14. The van der Waals surface area contributed by atoms with Crippen LogP contribution in [0.5, 0.6) is 0 Å². The Morgan fingerprint density at radius 3 is 2.31 bits per heavy atom. The highest BCUT2D eigenvalue weighted by atomic mass is 16.6. The van der Waals surface area contributed by atoms with Crippen LogP contribution in [0.25, 0.3) is 0 Å². The number of aryl methyl sites for hydroxylation is 3. The molecule has 0 aliphatic heterocycles. The van der Waals surface area contributed by atoms with Crippen molar-refractivity contribution < 1.29 is 14.5 Å². The van der Waals surface area contributed by atoms with Gasteiger partial charge < -0.3 is 10.6 Å². The second kappa shape index (κ2) is 8.61. The number of nitrogens with one attached hydrogen (secondary N) is 2. The Kier molecular flexibility index (Phi) is 6.09. The van der Waals surface area contributed by atoms with Crippen molar-refractivity contribution in [1.82, 2.24) is 29.3 Å². The van der Waals surface area contributed by atoms with E-state index in [4.69, 9.17) is 0 Å². The molecule has 1 atom stereocenters. The van der Waals surface area contributed by atoms with E-state index in [1.165, 1.54) is 35.6 Å². The molecule has 1 unspecified atom stereocenters. The molecule has 3 aromatic heterocycles. The van der Waals surface area contributed by atoms with Gasteiger partial charge in [-0.1, -0.05) is 0 Å². The summed E-state index contributed by atoms with van der Waals surface area (Å²) in [6.45, 7) is 8.66. The van der Waals surface area contributed by atoms with Gasteiger partial charge in [-0.05, 0) is 34.6 Å². The van der Waals surface area contributed by atoms with E-state index in [1.54, 1.807) is 18.7 Å². The summed E-state index contributed by atoms with van der Waals surface area (Å²) in [7, 11) is 1.76. The Balaban J connectivity index is 1.86. The fourth-order valence-electron chi connectivity index (χ4n) is 3.40. The number of amides is 2. The second-order valence-corrected chi connectivity index (χ2v) is 7.33. The Morgan fingerprint density at radius 1 is 1.12 bits per heavy atom. The Bertz CT molecular complexity index is 1200. The number of hydrogen-bond acceptors (Lipinski definition) is 7. The van der Waals surface area contributed by atoms with Crippen molar-refractivity contribution in [1.29, 1.82) is 0 Å². The molecular formula is C19H25N9O4. The summed E-state index contributed by atoms with van der Waals surface area (Å²) < 4.78 is 4.39. The van der Waals surface area contributed by atoms with E-state index in [0.29, 0.717) is 12.2 Å². The normalized spacial score (nSPS) is 11.9. The molecule has 0 aliphatic carbocycles. The Labute approximate surface area is 183 Å². The molecule has 0 aliphatic rings. The van der Waals surface area contributed by atoms with Gasteiger partial charge in [0, 0.05) is 13.6 Å². The third-order valence-corrected chi connectivity index (χ3v) is 5.31. The molecule has 3 rings (SSSR count). The zero-order valence-corrected chi connectivity index (χ0v) is 18.7. The minimum Gasteiger partial charge on any atom is -0.321 e. The molecule has 170 valence electrons. The molecule has 0 fully saturated rings. The minimum atomic E-state index is -0.858. The van der Waals surface area contributed by atoms with E-state index in [-0.39, 0.29) is 28.5 Å². The van der Waals surface area contributed by atoms with Crippen LogP contribution in [0, 0.1) is 30.9 Å². The number of nitrogens with zero attached hydrogens (tertiary/aromatic N) is 7. The van der Waals surface area contributed by atoms with Crippen molar-refractivity contribution in [2.45, 2.75) is 47.2 Å². The van der Waals surface area contributed by atoms with Gasteiger partial charge in [0.1, 0.15) is 23.1 Å². The number of hydrogen-bond donors (Lipinski definition) is 2. The fourth-order valence-corrected chi connectivity index (χ4v) is 3.40. The molecule has 13 nitrogen and oxygen atoms in total. The first-order valence-electron chi connectivity index (χ1n) is 9.93. The fraction of sp³-hybridized carbons (Fsp3) is 0.421. The standard InChI is InChI=1S/C19H25N9O4/c1-7-26-17(19(30)22-14-8-20-25(6)11(14)3)15(9-21-26)23-18(29)13(5)27-12(4)16(28(31)32)10(2)24-27/h8-9,13H,7H2,1-6H3,(H,22,30)(H,23,29). The van der Waals surface area contributed by atoms with Gasteiger partial charge >= 0.3 is 5.69 Å². The van der Waals surface area contributed by atoms with Crippen molar-refractivity contribution in [3.63, 3.8) is 0 Å². The lowest BCUT2D eigenvalue weighted by molar-refractivity contribution is -0.386. The minimum absolute atomic E-state index is 0.129. The lowest BCUT2D eigenvalue weighted by Crippen LogP contribution is -2.27. The van der Waals surface area contributed by atoms with Crippen LogP contribution in [-0.4, -0.2) is 46.1 Å². The molecule has 3 aromatic rings.